The summed E-state index contributed by atoms with van der Waals surface area (Å²) in [5.74, 6) is 0. The molecule has 0 rings (SSSR count). The molecule has 0 heterocycles. The maximum Gasteiger partial charge on any atom is -1.00 e. The molecule has 0 aromatic heterocycles. The Morgan fingerprint density at radius 2 is 1.50 bits per heavy atom. The molecule has 0 saturated carbocycles. The van der Waals surface area contributed by atoms with Crippen molar-refractivity contribution in [2.75, 3.05) is 0 Å². The fraction of sp³-hybridized carbons (Fsp3) is 1.00. The van der Waals surface area contributed by atoms with Crippen molar-refractivity contribution in [3.8, 4) is 0 Å². The summed E-state index contributed by atoms with van der Waals surface area (Å²) in [6.07, 6.45) is 0. The zero-order valence-electron chi connectivity index (χ0n) is 4.37. The van der Waals surface area contributed by atoms with Crippen LogP contribution in [0.5, 0.6) is 0 Å². The molecule has 6 heavy (non-hydrogen) atoms. The summed E-state index contributed by atoms with van der Waals surface area (Å²) < 4.78 is 3.07. The topological polar surface area (TPSA) is 0 Å². The number of hydrogen-bond acceptors (Lipinski definition) is 0. The van der Waals surface area contributed by atoms with Crippen LogP contribution in [0.4, 0.5) is 0 Å². The normalized spacial score (nSPS) is 5.67. The van der Waals surface area contributed by atoms with Crippen LogP contribution in [0, 0.1) is 0 Å². The number of hydrogen-bond donors (Lipinski definition) is 0. The van der Waals surface area contributed by atoms with Gasteiger partial charge in [0.1, 0.15) is 0 Å². The Kier molecular flexibility index (Phi) is 15.3. The minimum atomic E-state index is 0. The Balaban J connectivity index is 0. The van der Waals surface area contributed by atoms with E-state index in [1.54, 1.807) is 0 Å². The van der Waals surface area contributed by atoms with Gasteiger partial charge in [-0.15, -0.1) is 0 Å². The van der Waals surface area contributed by atoms with Gasteiger partial charge >= 0.3 is 45.1 Å². The summed E-state index contributed by atoms with van der Waals surface area (Å²) in [5, 5.41) is 0. The molecule has 0 fully saturated rings. The first-order chi connectivity index (χ1) is 2.41. The predicted octanol–water partition coefficient (Wildman–Crippen LogP) is -1.43. The molecule has 0 aliphatic carbocycles. The van der Waals surface area contributed by atoms with Gasteiger partial charge in [0.2, 0.25) is 0 Å². The summed E-state index contributed by atoms with van der Waals surface area (Å²) in [5.41, 5.74) is 0. The van der Waals surface area contributed by atoms with Gasteiger partial charge in [0.25, 0.3) is 0 Å². The van der Waals surface area contributed by atoms with Gasteiger partial charge in [-0.3, -0.25) is 0 Å². The Hall–Kier alpha value is 0.800. The molecule has 0 aliphatic heterocycles. The van der Waals surface area contributed by atoms with Crippen LogP contribution in [0.15, 0.2) is 0 Å². The quantitative estimate of drug-likeness (QED) is 0.503. The van der Waals surface area contributed by atoms with Gasteiger partial charge in [-0.2, -0.15) is 0 Å². The number of halogens is 1. The monoisotopic (exact) mass is 192 g/mol. The van der Waals surface area contributed by atoms with Crippen molar-refractivity contribution >= 4 is 22.9 Å². The van der Waals surface area contributed by atoms with E-state index in [1.807, 2.05) is 0 Å². The van der Waals surface area contributed by atoms with Crippen LogP contribution in [0.2, 0.25) is 8.35 Å². The first-order valence-corrected chi connectivity index (χ1v) is 6.89. The molecule has 0 bridgehead atoms. The van der Waals surface area contributed by atoms with Crippen molar-refractivity contribution in [2.24, 2.45) is 0 Å². The van der Waals surface area contributed by atoms with Crippen LogP contribution in [-0.4, -0.2) is 22.9 Å². The summed E-state index contributed by atoms with van der Waals surface area (Å²) in [7, 11) is 0. The maximum absolute atomic E-state index is 2.30. The molecule has 36 valence electrons. The van der Waals surface area contributed by atoms with E-state index in [4.69, 9.17) is 0 Å². The molecular formula is C4H10FIn. The predicted molar refractivity (Wildman–Crippen MR) is 26.7 cm³/mol. The third kappa shape index (κ3) is 8.84. The smallest absolute Gasteiger partial charge is 1.00 e. The Morgan fingerprint density at radius 3 is 1.50 bits per heavy atom. The van der Waals surface area contributed by atoms with Gasteiger partial charge in [-0.05, 0) is 0 Å². The van der Waals surface area contributed by atoms with Gasteiger partial charge in [0, 0.05) is 0 Å². The molecule has 0 radical (unpaired) electrons. The molecule has 0 N–H and O–H groups in total. The van der Waals surface area contributed by atoms with Crippen molar-refractivity contribution in [1.82, 2.24) is 0 Å². The van der Waals surface area contributed by atoms with Crippen molar-refractivity contribution in [3.63, 3.8) is 0 Å². The second-order valence-corrected chi connectivity index (χ2v) is 7.41. The van der Waals surface area contributed by atoms with Crippen molar-refractivity contribution in [1.29, 1.82) is 0 Å². The van der Waals surface area contributed by atoms with Crippen LogP contribution in [0.3, 0.4) is 0 Å². The van der Waals surface area contributed by atoms with Crippen LogP contribution in [-0.2, 0) is 0 Å². The van der Waals surface area contributed by atoms with Gasteiger partial charge in [-0.1, -0.05) is 0 Å². The first kappa shape index (κ1) is 9.93. The number of rotatable bonds is 2. The van der Waals surface area contributed by atoms with Crippen LogP contribution in [0.1, 0.15) is 13.8 Å². The fourth-order valence-corrected chi connectivity index (χ4v) is 1.94. The molecule has 0 nitrogen and oxygen atoms in total. The first-order valence-electron chi connectivity index (χ1n) is 2.23. The molecule has 0 aromatic carbocycles. The van der Waals surface area contributed by atoms with E-state index in [1.165, 1.54) is 8.35 Å². The molecule has 0 atom stereocenters. The largest absolute Gasteiger partial charge is 1.00 e. The van der Waals surface area contributed by atoms with E-state index in [0.717, 1.165) is 0 Å². The van der Waals surface area contributed by atoms with Gasteiger partial charge < -0.3 is 4.70 Å². The van der Waals surface area contributed by atoms with Gasteiger partial charge in [0.05, 0.1) is 0 Å². The van der Waals surface area contributed by atoms with Crippen molar-refractivity contribution in [3.05, 3.63) is 0 Å². The maximum atomic E-state index is 2.30. The molecular weight excluding hydrogens is 182 g/mol. The van der Waals surface area contributed by atoms with Crippen LogP contribution < -0.4 is 4.70 Å². The van der Waals surface area contributed by atoms with Crippen molar-refractivity contribution < 1.29 is 4.70 Å². The molecule has 0 aromatic rings. The standard InChI is InChI=1S/2C2H5.FH.In/c2*1-2;;/h2*1H2,2H3;1H;/q;;;+1/p-1. The van der Waals surface area contributed by atoms with Gasteiger partial charge in [0.15, 0.2) is 0 Å². The Bertz CT molecular complexity index is 15.0. The minimum Gasteiger partial charge on any atom is -1.00 e. The molecule has 0 unspecified atom stereocenters. The second-order valence-electron chi connectivity index (χ2n) is 1.11. The Labute approximate surface area is 50.0 Å². The third-order valence-electron chi connectivity index (χ3n) is 0.577. The van der Waals surface area contributed by atoms with E-state index in [-0.39, 0.29) is 27.6 Å². The second kappa shape index (κ2) is 9.25. The average molecular weight is 192 g/mol. The summed E-state index contributed by atoms with van der Waals surface area (Å²) in [6, 6.07) is 0. The van der Waals surface area contributed by atoms with E-state index in [0.29, 0.717) is 0 Å². The third-order valence-corrected chi connectivity index (χ3v) is 3.87. The van der Waals surface area contributed by atoms with E-state index in [2.05, 4.69) is 13.8 Å². The zero-order chi connectivity index (χ0) is 4.12. The fourth-order valence-electron chi connectivity index (χ4n) is 0.289. The van der Waals surface area contributed by atoms with E-state index < -0.39 is 0 Å². The minimum absolute atomic E-state index is 0. The van der Waals surface area contributed by atoms with Crippen LogP contribution >= 0.6 is 0 Å². The van der Waals surface area contributed by atoms with Crippen molar-refractivity contribution in [2.45, 2.75) is 22.2 Å². The summed E-state index contributed by atoms with van der Waals surface area (Å²) in [4.78, 5) is 0. The average Bonchev–Trinajstić information content (AvgIpc) is 1.41. The summed E-state index contributed by atoms with van der Waals surface area (Å²) in [6.45, 7) is 4.59. The Morgan fingerprint density at radius 1 is 1.17 bits per heavy atom. The van der Waals surface area contributed by atoms with E-state index >= 15 is 0 Å². The SMILES string of the molecule is C[CH2][In+][CH2]C.[F-]. The molecule has 2 heteroatoms. The molecule has 0 saturated heterocycles. The molecule has 0 aliphatic rings. The molecule has 0 amide bonds. The zero-order valence-corrected chi connectivity index (χ0v) is 7.67. The van der Waals surface area contributed by atoms with Gasteiger partial charge in [-0.25, -0.2) is 0 Å². The van der Waals surface area contributed by atoms with Crippen LogP contribution in [0.25, 0.3) is 0 Å². The summed E-state index contributed by atoms with van der Waals surface area (Å²) >= 11 is 0.0800. The van der Waals surface area contributed by atoms with E-state index in [9.17, 15) is 0 Å². The molecule has 0 spiro atoms.